The fourth-order valence-electron chi connectivity index (χ4n) is 4.76. The second-order valence-electron chi connectivity index (χ2n) is 7.74. The van der Waals surface area contributed by atoms with Gasteiger partial charge in [0, 0.05) is 38.8 Å². The van der Waals surface area contributed by atoms with E-state index in [1.54, 1.807) is 17.1 Å². The molecule has 3 aromatic rings. The summed E-state index contributed by atoms with van der Waals surface area (Å²) < 4.78 is 1.76. The summed E-state index contributed by atoms with van der Waals surface area (Å²) >= 11 is 0. The molecule has 0 aliphatic carbocycles. The summed E-state index contributed by atoms with van der Waals surface area (Å²) in [4.78, 5) is 20.0. The lowest BCUT2D eigenvalue weighted by Crippen LogP contribution is -2.35. The van der Waals surface area contributed by atoms with Crippen molar-refractivity contribution < 1.29 is 4.79 Å². The molecule has 2 fully saturated rings. The van der Waals surface area contributed by atoms with Crippen molar-refractivity contribution in [2.45, 2.75) is 13.0 Å². The number of nitrogens with zero attached hydrogens (tertiary/aromatic N) is 4. The van der Waals surface area contributed by atoms with Crippen LogP contribution in [0.1, 0.15) is 27.5 Å². The highest BCUT2D eigenvalue weighted by atomic mass is 16.2. The van der Waals surface area contributed by atoms with Crippen molar-refractivity contribution in [3.8, 4) is 0 Å². The number of pyridine rings is 1. The summed E-state index contributed by atoms with van der Waals surface area (Å²) in [5.41, 5.74) is 4.84. The molecule has 4 heterocycles. The van der Waals surface area contributed by atoms with Gasteiger partial charge in [-0.3, -0.25) is 14.5 Å². The number of carbonyl (C=O) groups is 1. The molecule has 6 heteroatoms. The predicted octanol–water partition coefficient (Wildman–Crippen LogP) is 2.31. The number of amides is 1. The highest BCUT2D eigenvalue weighted by Crippen LogP contribution is 2.44. The third kappa shape index (κ3) is 2.55. The lowest BCUT2D eigenvalue weighted by molar-refractivity contribution is 0.0713. The topological polar surface area (TPSA) is 63.1 Å². The predicted molar refractivity (Wildman–Crippen MR) is 103 cm³/mol. The third-order valence-electron chi connectivity index (χ3n) is 6.18. The molecule has 5 rings (SSSR count). The number of likely N-dealkylation sites (tertiary alicyclic amines) is 1. The summed E-state index contributed by atoms with van der Waals surface area (Å²) in [5.74, 6) is 1.03. The molecule has 2 saturated heterocycles. The van der Waals surface area contributed by atoms with E-state index in [-0.39, 0.29) is 11.9 Å². The number of aryl methyl sites for hydroxylation is 2. The summed E-state index contributed by atoms with van der Waals surface area (Å²) in [6.07, 6.45) is 3.42. The molecule has 2 aliphatic heterocycles. The number of carbonyl (C=O) groups excluding carboxylic acids is 1. The highest BCUT2D eigenvalue weighted by Gasteiger charge is 2.47. The Bertz CT molecular complexity index is 1030. The van der Waals surface area contributed by atoms with Crippen LogP contribution in [0, 0.1) is 18.8 Å². The van der Waals surface area contributed by atoms with Crippen LogP contribution in [0.5, 0.6) is 0 Å². The number of nitrogens with one attached hydrogen (secondary N) is 1. The maximum Gasteiger partial charge on any atom is 0.256 e. The first-order chi connectivity index (χ1) is 13.1. The van der Waals surface area contributed by atoms with E-state index in [9.17, 15) is 4.79 Å². The summed E-state index contributed by atoms with van der Waals surface area (Å²) in [6.45, 7) is 4.87. The van der Waals surface area contributed by atoms with Crippen LogP contribution in [0.4, 0.5) is 0 Å². The zero-order valence-electron chi connectivity index (χ0n) is 15.6. The smallest absolute Gasteiger partial charge is 0.256 e. The Morgan fingerprint density at radius 3 is 2.93 bits per heavy atom. The molecule has 0 bridgehead atoms. The van der Waals surface area contributed by atoms with E-state index < -0.39 is 0 Å². The van der Waals surface area contributed by atoms with Crippen molar-refractivity contribution in [2.24, 2.45) is 18.9 Å². The molecule has 2 aromatic heterocycles. The summed E-state index contributed by atoms with van der Waals surface area (Å²) in [7, 11) is 1.88. The lowest BCUT2D eigenvalue weighted by Gasteiger charge is -2.29. The second kappa shape index (κ2) is 6.16. The average molecular weight is 361 g/mol. The monoisotopic (exact) mass is 361 g/mol. The third-order valence-corrected chi connectivity index (χ3v) is 6.18. The molecule has 1 N–H and O–H groups in total. The first-order valence-corrected chi connectivity index (χ1v) is 9.48. The fraction of sp³-hybridized carbons (Fsp3) is 0.381. The minimum absolute atomic E-state index is 0.0632. The van der Waals surface area contributed by atoms with Gasteiger partial charge >= 0.3 is 0 Å². The zero-order chi connectivity index (χ0) is 18.5. The molecular weight excluding hydrogens is 338 g/mol. The maximum atomic E-state index is 13.5. The maximum absolute atomic E-state index is 13.5. The van der Waals surface area contributed by atoms with E-state index in [0.717, 1.165) is 30.7 Å². The summed E-state index contributed by atoms with van der Waals surface area (Å²) in [6, 6.07) is 10.5. The molecule has 2 aliphatic rings. The van der Waals surface area contributed by atoms with Gasteiger partial charge in [0.1, 0.15) is 5.52 Å². The normalized spacial score (nSPS) is 24.5. The van der Waals surface area contributed by atoms with Crippen LogP contribution in [-0.4, -0.2) is 45.2 Å². The number of hydrogen-bond acceptors (Lipinski definition) is 4. The van der Waals surface area contributed by atoms with Gasteiger partial charge in [-0.2, -0.15) is 5.10 Å². The van der Waals surface area contributed by atoms with E-state index in [1.807, 2.05) is 13.1 Å². The van der Waals surface area contributed by atoms with Gasteiger partial charge in [0.2, 0.25) is 0 Å². The molecule has 138 valence electrons. The Balaban J connectivity index is 1.56. The molecule has 1 amide bonds. The van der Waals surface area contributed by atoms with Gasteiger partial charge < -0.3 is 10.2 Å². The fourth-order valence-corrected chi connectivity index (χ4v) is 4.76. The first-order valence-electron chi connectivity index (χ1n) is 9.48. The molecule has 0 spiro atoms. The average Bonchev–Trinajstić information content (AvgIpc) is 3.36. The van der Waals surface area contributed by atoms with Crippen LogP contribution >= 0.6 is 0 Å². The number of benzene rings is 1. The van der Waals surface area contributed by atoms with Gasteiger partial charge in [-0.25, -0.2) is 0 Å². The van der Waals surface area contributed by atoms with Crippen LogP contribution in [0.25, 0.3) is 11.0 Å². The van der Waals surface area contributed by atoms with Crippen molar-refractivity contribution in [2.75, 3.05) is 19.6 Å². The largest absolute Gasteiger partial charge is 0.331 e. The van der Waals surface area contributed by atoms with Crippen LogP contribution in [0.3, 0.4) is 0 Å². The molecule has 3 atom stereocenters. The van der Waals surface area contributed by atoms with Crippen molar-refractivity contribution in [1.29, 1.82) is 0 Å². The van der Waals surface area contributed by atoms with Gasteiger partial charge in [0.15, 0.2) is 0 Å². The standard InChI is InChI=1S/C21H23N5O/c1-13-5-3-4-6-16(13)20-17-10-22-8-15(17)12-26(20)21(27)14-7-19-18(23-9-14)11-24-25(19)2/h3-7,9,11,15,17,20,22H,8,10,12H2,1-2H3/t15-,17-,20-/m0/s1. The minimum atomic E-state index is 0.0632. The van der Waals surface area contributed by atoms with E-state index in [0.29, 0.717) is 17.4 Å². The number of aromatic nitrogens is 3. The minimum Gasteiger partial charge on any atom is -0.331 e. The Morgan fingerprint density at radius 2 is 2.07 bits per heavy atom. The molecule has 0 radical (unpaired) electrons. The van der Waals surface area contributed by atoms with Crippen LogP contribution in [0.15, 0.2) is 42.7 Å². The van der Waals surface area contributed by atoms with Gasteiger partial charge in [-0.1, -0.05) is 24.3 Å². The highest BCUT2D eigenvalue weighted by molar-refractivity contribution is 5.97. The number of rotatable bonds is 2. The molecule has 0 saturated carbocycles. The Labute approximate surface area is 158 Å². The van der Waals surface area contributed by atoms with Crippen molar-refractivity contribution >= 4 is 16.9 Å². The van der Waals surface area contributed by atoms with Crippen molar-refractivity contribution in [1.82, 2.24) is 25.0 Å². The van der Waals surface area contributed by atoms with Crippen LogP contribution in [0.2, 0.25) is 0 Å². The quantitative estimate of drug-likeness (QED) is 0.761. The van der Waals surface area contributed by atoms with Crippen molar-refractivity contribution in [3.05, 3.63) is 59.4 Å². The van der Waals surface area contributed by atoms with E-state index in [2.05, 4.69) is 51.5 Å². The lowest BCUT2D eigenvalue weighted by atomic mass is 9.87. The van der Waals surface area contributed by atoms with Gasteiger partial charge in [-0.15, -0.1) is 0 Å². The van der Waals surface area contributed by atoms with E-state index in [1.165, 1.54) is 11.1 Å². The molecular formula is C21H23N5O. The van der Waals surface area contributed by atoms with Crippen LogP contribution in [-0.2, 0) is 7.05 Å². The molecule has 0 unspecified atom stereocenters. The van der Waals surface area contributed by atoms with E-state index >= 15 is 0 Å². The Hall–Kier alpha value is -2.73. The number of fused-ring (bicyclic) bond motifs is 2. The SMILES string of the molecule is Cc1ccccc1[C@H]1[C@H]2CNC[C@H]2CN1C(=O)c1cnc2cnn(C)c2c1. The molecule has 27 heavy (non-hydrogen) atoms. The Kier molecular flexibility index (Phi) is 3.75. The number of hydrogen-bond donors (Lipinski definition) is 1. The van der Waals surface area contributed by atoms with Gasteiger partial charge in [-0.05, 0) is 30.0 Å². The Morgan fingerprint density at radius 1 is 1.22 bits per heavy atom. The second-order valence-corrected chi connectivity index (χ2v) is 7.74. The van der Waals surface area contributed by atoms with Gasteiger partial charge in [0.05, 0.1) is 23.3 Å². The molecule has 1 aromatic carbocycles. The van der Waals surface area contributed by atoms with Crippen LogP contribution < -0.4 is 5.32 Å². The van der Waals surface area contributed by atoms with E-state index in [4.69, 9.17) is 0 Å². The first kappa shape index (κ1) is 16.4. The van der Waals surface area contributed by atoms with Crippen molar-refractivity contribution in [3.63, 3.8) is 0 Å². The molecule has 6 nitrogen and oxygen atoms in total. The van der Waals surface area contributed by atoms with Gasteiger partial charge in [0.25, 0.3) is 5.91 Å². The summed E-state index contributed by atoms with van der Waals surface area (Å²) in [5, 5.41) is 7.74. The zero-order valence-corrected chi connectivity index (χ0v) is 15.6.